The molecule has 0 spiro atoms. The molecule has 3 heteroatoms. The smallest absolute Gasteiger partial charge is 0.0872 e. The van der Waals surface area contributed by atoms with Gasteiger partial charge in [0.05, 0.1) is 11.2 Å². The predicted octanol–water partition coefficient (Wildman–Crippen LogP) is 0.526. The van der Waals surface area contributed by atoms with Gasteiger partial charge in [-0.2, -0.15) is 0 Å². The molecular weight excluding hydrogens is 210 g/mol. The van der Waals surface area contributed by atoms with Crippen LogP contribution in [0.1, 0.15) is 27.7 Å². The third-order valence-electron chi connectivity index (χ3n) is 1.50. The fourth-order valence-electron chi connectivity index (χ4n) is 0. The van der Waals surface area contributed by atoms with E-state index in [1.165, 1.54) is 0 Å². The summed E-state index contributed by atoms with van der Waals surface area (Å²) >= 11 is 0. The molecule has 0 aromatic rings. The van der Waals surface area contributed by atoms with E-state index in [-0.39, 0.29) is 20.4 Å². The van der Waals surface area contributed by atoms with Gasteiger partial charge < -0.3 is 10.2 Å². The molecular formula is C6H14O2Pd. The topological polar surface area (TPSA) is 40.5 Å². The van der Waals surface area contributed by atoms with Crippen molar-refractivity contribution in [2.45, 2.75) is 38.9 Å². The molecule has 0 aromatic heterocycles. The molecule has 60 valence electrons. The Hall–Kier alpha value is 0.582. The zero-order valence-corrected chi connectivity index (χ0v) is 7.77. The van der Waals surface area contributed by atoms with Crippen molar-refractivity contribution in [3.63, 3.8) is 0 Å². The van der Waals surface area contributed by atoms with Crippen LogP contribution < -0.4 is 0 Å². The quantitative estimate of drug-likeness (QED) is 0.638. The summed E-state index contributed by atoms with van der Waals surface area (Å²) in [7, 11) is 0. The third kappa shape index (κ3) is 4.05. The van der Waals surface area contributed by atoms with Crippen LogP contribution in [-0.4, -0.2) is 21.4 Å². The molecule has 0 amide bonds. The molecule has 0 aromatic carbocycles. The maximum atomic E-state index is 9.10. The van der Waals surface area contributed by atoms with E-state index in [1.807, 2.05) is 0 Å². The van der Waals surface area contributed by atoms with Crippen molar-refractivity contribution in [2.24, 2.45) is 0 Å². The average Bonchev–Trinajstić information content (AvgIpc) is 1.25. The van der Waals surface area contributed by atoms with Crippen LogP contribution >= 0.6 is 0 Å². The van der Waals surface area contributed by atoms with E-state index in [0.29, 0.717) is 0 Å². The SMILES string of the molecule is CC(C)(O)C(C)(C)O.[Pd]. The maximum absolute atomic E-state index is 9.10. The average molecular weight is 225 g/mol. The van der Waals surface area contributed by atoms with Gasteiger partial charge in [-0.15, -0.1) is 0 Å². The standard InChI is InChI=1S/C6H14O2.Pd/c1-5(2,7)6(3,4)8;/h7-8H,1-4H3;. The molecule has 0 rings (SSSR count). The first kappa shape index (κ1) is 12.3. The van der Waals surface area contributed by atoms with Crippen LogP contribution in [0, 0.1) is 0 Å². The molecule has 0 aliphatic rings. The molecule has 2 N–H and O–H groups in total. The van der Waals surface area contributed by atoms with Crippen molar-refractivity contribution in [3.8, 4) is 0 Å². The zero-order valence-electron chi connectivity index (χ0n) is 6.21. The molecule has 0 saturated heterocycles. The van der Waals surface area contributed by atoms with Gasteiger partial charge in [0.2, 0.25) is 0 Å². The van der Waals surface area contributed by atoms with Gasteiger partial charge in [0, 0.05) is 20.4 Å². The molecule has 0 aliphatic carbocycles. The first-order valence-electron chi connectivity index (χ1n) is 2.70. The summed E-state index contributed by atoms with van der Waals surface area (Å²) in [4.78, 5) is 0. The number of rotatable bonds is 1. The first-order chi connectivity index (χ1) is 3.25. The number of hydrogen-bond acceptors (Lipinski definition) is 2. The summed E-state index contributed by atoms with van der Waals surface area (Å²) in [6.45, 7) is 6.31. The Balaban J connectivity index is 0. The van der Waals surface area contributed by atoms with Crippen LogP contribution in [0.25, 0.3) is 0 Å². The van der Waals surface area contributed by atoms with Crippen LogP contribution in [-0.2, 0) is 20.4 Å². The van der Waals surface area contributed by atoms with E-state index in [1.54, 1.807) is 27.7 Å². The van der Waals surface area contributed by atoms with Crippen LogP contribution in [0.2, 0.25) is 0 Å². The largest absolute Gasteiger partial charge is 0.387 e. The van der Waals surface area contributed by atoms with E-state index in [4.69, 9.17) is 10.2 Å². The Morgan fingerprint density at radius 3 is 0.889 bits per heavy atom. The van der Waals surface area contributed by atoms with Gasteiger partial charge in [0.15, 0.2) is 0 Å². The van der Waals surface area contributed by atoms with E-state index in [9.17, 15) is 0 Å². The minimum absolute atomic E-state index is 0. The second kappa shape index (κ2) is 3.12. The predicted molar refractivity (Wildman–Crippen MR) is 32.6 cm³/mol. The van der Waals surface area contributed by atoms with E-state index in [0.717, 1.165) is 0 Å². The second-order valence-corrected chi connectivity index (χ2v) is 3.12. The van der Waals surface area contributed by atoms with Gasteiger partial charge >= 0.3 is 0 Å². The first-order valence-corrected chi connectivity index (χ1v) is 2.70. The molecule has 0 aliphatic heterocycles. The van der Waals surface area contributed by atoms with Crippen LogP contribution in [0.5, 0.6) is 0 Å². The summed E-state index contributed by atoms with van der Waals surface area (Å²) in [5, 5.41) is 18.2. The molecule has 0 heterocycles. The van der Waals surface area contributed by atoms with Crippen LogP contribution in [0.4, 0.5) is 0 Å². The Labute approximate surface area is 69.9 Å². The number of hydrogen-bond donors (Lipinski definition) is 2. The van der Waals surface area contributed by atoms with Gasteiger partial charge in [0.1, 0.15) is 0 Å². The van der Waals surface area contributed by atoms with Gasteiger partial charge in [-0.3, -0.25) is 0 Å². The van der Waals surface area contributed by atoms with E-state index >= 15 is 0 Å². The Bertz CT molecular complexity index is 66.0. The normalized spacial score (nSPS) is 12.7. The van der Waals surface area contributed by atoms with Gasteiger partial charge in [-0.1, -0.05) is 0 Å². The van der Waals surface area contributed by atoms with Crippen molar-refractivity contribution in [2.75, 3.05) is 0 Å². The summed E-state index contributed by atoms with van der Waals surface area (Å²) < 4.78 is 0. The van der Waals surface area contributed by atoms with Crippen molar-refractivity contribution in [1.82, 2.24) is 0 Å². The fraction of sp³-hybridized carbons (Fsp3) is 1.00. The minimum atomic E-state index is -1.01. The molecule has 0 radical (unpaired) electrons. The van der Waals surface area contributed by atoms with Crippen LogP contribution in [0.3, 0.4) is 0 Å². The molecule has 0 atom stereocenters. The Morgan fingerprint density at radius 1 is 0.778 bits per heavy atom. The molecule has 0 saturated carbocycles. The maximum Gasteiger partial charge on any atom is 0.0872 e. The van der Waals surface area contributed by atoms with Crippen molar-refractivity contribution in [3.05, 3.63) is 0 Å². The molecule has 0 fully saturated rings. The summed E-state index contributed by atoms with van der Waals surface area (Å²) in [6.07, 6.45) is 0. The molecule has 0 bridgehead atoms. The minimum Gasteiger partial charge on any atom is -0.387 e. The van der Waals surface area contributed by atoms with Crippen LogP contribution in [0.15, 0.2) is 0 Å². The molecule has 9 heavy (non-hydrogen) atoms. The summed E-state index contributed by atoms with van der Waals surface area (Å²) in [6, 6.07) is 0. The molecule has 0 unspecified atom stereocenters. The Morgan fingerprint density at radius 2 is 0.889 bits per heavy atom. The zero-order chi connectivity index (χ0) is 7.00. The van der Waals surface area contributed by atoms with E-state index < -0.39 is 11.2 Å². The molecule has 2 nitrogen and oxygen atoms in total. The van der Waals surface area contributed by atoms with Gasteiger partial charge in [-0.05, 0) is 27.7 Å². The summed E-state index contributed by atoms with van der Waals surface area (Å²) in [5.74, 6) is 0. The van der Waals surface area contributed by atoms with Crippen molar-refractivity contribution in [1.29, 1.82) is 0 Å². The monoisotopic (exact) mass is 224 g/mol. The fourth-order valence-corrected chi connectivity index (χ4v) is 0. The van der Waals surface area contributed by atoms with Gasteiger partial charge in [0.25, 0.3) is 0 Å². The van der Waals surface area contributed by atoms with E-state index in [2.05, 4.69) is 0 Å². The number of aliphatic hydroxyl groups is 2. The van der Waals surface area contributed by atoms with Crippen molar-refractivity contribution < 1.29 is 30.6 Å². The Kier molecular flexibility index (Phi) is 4.25. The summed E-state index contributed by atoms with van der Waals surface area (Å²) in [5.41, 5.74) is -2.01. The van der Waals surface area contributed by atoms with Crippen molar-refractivity contribution >= 4 is 0 Å². The van der Waals surface area contributed by atoms with Gasteiger partial charge in [-0.25, -0.2) is 0 Å². The second-order valence-electron chi connectivity index (χ2n) is 3.12. The third-order valence-corrected chi connectivity index (χ3v) is 1.50.